The molecule has 0 radical (unpaired) electrons. The fourth-order valence-electron chi connectivity index (χ4n) is 4.67. The van der Waals surface area contributed by atoms with Crippen LogP contribution in [0, 0.1) is 5.82 Å². The summed E-state index contributed by atoms with van der Waals surface area (Å²) in [5, 5.41) is 3.36. The summed E-state index contributed by atoms with van der Waals surface area (Å²) in [6, 6.07) is 10.1. The quantitative estimate of drug-likeness (QED) is 0.371. The van der Waals surface area contributed by atoms with Gasteiger partial charge in [0.1, 0.15) is 5.82 Å². The number of nitrogens with one attached hydrogen (secondary N) is 1. The summed E-state index contributed by atoms with van der Waals surface area (Å²) in [6.45, 7) is 6.80. The van der Waals surface area contributed by atoms with E-state index < -0.39 is 20.5 Å². The molecule has 1 aromatic heterocycles. The number of primary amides is 1. The van der Waals surface area contributed by atoms with E-state index in [4.69, 9.17) is 17.3 Å². The van der Waals surface area contributed by atoms with Crippen molar-refractivity contribution in [3.8, 4) is 0 Å². The van der Waals surface area contributed by atoms with Crippen LogP contribution in [0.4, 0.5) is 16.0 Å². The van der Waals surface area contributed by atoms with E-state index in [0.717, 1.165) is 25.9 Å². The second kappa shape index (κ2) is 11.8. The fraction of sp³-hybridized carbons (Fsp3) is 0.414. The highest BCUT2D eigenvalue weighted by molar-refractivity contribution is 7.91. The molecular weight excluding hydrogens is 553 g/mol. The van der Waals surface area contributed by atoms with Crippen molar-refractivity contribution < 1.29 is 17.6 Å². The van der Waals surface area contributed by atoms with Crippen LogP contribution in [-0.2, 0) is 22.0 Å². The third kappa shape index (κ3) is 6.97. The topological polar surface area (TPSA) is 118 Å². The van der Waals surface area contributed by atoms with Gasteiger partial charge in [0.25, 0.3) is 5.91 Å². The molecule has 0 spiro atoms. The van der Waals surface area contributed by atoms with Gasteiger partial charge in [-0.1, -0.05) is 29.8 Å². The number of anilines is 2. The lowest BCUT2D eigenvalue weighted by atomic mass is 9.89. The van der Waals surface area contributed by atoms with Gasteiger partial charge in [-0.15, -0.1) is 0 Å². The van der Waals surface area contributed by atoms with Crippen molar-refractivity contribution in [3.63, 3.8) is 0 Å². The van der Waals surface area contributed by atoms with Gasteiger partial charge in [-0.3, -0.25) is 4.79 Å². The van der Waals surface area contributed by atoms with Gasteiger partial charge in [0.2, 0.25) is 5.95 Å². The van der Waals surface area contributed by atoms with E-state index in [1.54, 1.807) is 51.1 Å². The van der Waals surface area contributed by atoms with Crippen LogP contribution in [-0.4, -0.2) is 54.1 Å². The second-order valence-corrected chi connectivity index (χ2v) is 14.5. The number of likely N-dealkylation sites (tertiary alicyclic amines) is 1. The molecule has 2 heterocycles. The molecule has 8 nitrogen and oxygen atoms in total. The van der Waals surface area contributed by atoms with Crippen molar-refractivity contribution in [2.75, 3.05) is 25.5 Å². The van der Waals surface area contributed by atoms with Crippen LogP contribution in [0.3, 0.4) is 0 Å². The van der Waals surface area contributed by atoms with Crippen molar-refractivity contribution in [2.24, 2.45) is 5.73 Å². The minimum atomic E-state index is -3.47. The molecule has 0 atom stereocenters. The molecular formula is C29H35ClFN5O3S. The number of nitrogens with two attached hydrogens (primary N) is 1. The molecule has 0 unspecified atom stereocenters. The highest BCUT2D eigenvalue weighted by Crippen LogP contribution is 2.31. The Balaban J connectivity index is 1.57. The zero-order valence-corrected chi connectivity index (χ0v) is 24.7. The summed E-state index contributed by atoms with van der Waals surface area (Å²) >= 11 is 6.33. The number of nitrogens with zero attached hydrogens (tertiary/aromatic N) is 3. The molecule has 1 amide bonds. The Morgan fingerprint density at radius 2 is 1.88 bits per heavy atom. The van der Waals surface area contributed by atoms with Crippen molar-refractivity contribution in [1.29, 1.82) is 0 Å². The standard InChI is InChI=1S/C29H35ClFN5O3S/c1-29(2,3)40(38,39)17-20-13-18(5-8-24(20)30)14-26-23(27(32)37)16-33-28(35-26)34-21-6-7-22(25(31)15-21)19-9-11-36(4)12-10-19/h5-8,13,15-16,19H,9-12,14,17H2,1-4H3,(H2,32,37)(H,33,34,35). The van der Waals surface area contributed by atoms with Crippen molar-refractivity contribution in [2.45, 2.75) is 56.5 Å². The van der Waals surface area contributed by atoms with Crippen LogP contribution in [0.25, 0.3) is 0 Å². The maximum Gasteiger partial charge on any atom is 0.252 e. The van der Waals surface area contributed by atoms with Crippen molar-refractivity contribution >= 4 is 39.0 Å². The van der Waals surface area contributed by atoms with Gasteiger partial charge >= 0.3 is 0 Å². The first kappa shape index (κ1) is 29.9. The monoisotopic (exact) mass is 587 g/mol. The number of hydrogen-bond donors (Lipinski definition) is 2. The number of sulfone groups is 1. The van der Waals surface area contributed by atoms with Crippen molar-refractivity contribution in [3.05, 3.63) is 81.4 Å². The van der Waals surface area contributed by atoms with E-state index in [0.29, 0.717) is 33.1 Å². The predicted molar refractivity (Wildman–Crippen MR) is 156 cm³/mol. The summed E-state index contributed by atoms with van der Waals surface area (Å²) in [7, 11) is -1.40. The molecule has 1 saturated heterocycles. The predicted octanol–water partition coefficient (Wildman–Crippen LogP) is 5.22. The number of benzene rings is 2. The van der Waals surface area contributed by atoms with Crippen LogP contribution in [0.2, 0.25) is 5.02 Å². The maximum absolute atomic E-state index is 15.0. The Labute approximate surface area is 240 Å². The molecule has 40 heavy (non-hydrogen) atoms. The molecule has 0 saturated carbocycles. The third-order valence-electron chi connectivity index (χ3n) is 7.31. The van der Waals surface area contributed by atoms with Crippen LogP contribution >= 0.6 is 11.6 Å². The molecule has 3 N–H and O–H groups in total. The molecule has 0 aliphatic carbocycles. The SMILES string of the molecule is CN1CCC(c2ccc(Nc3ncc(C(N)=O)c(Cc4ccc(Cl)c(CS(=O)(=O)C(C)(C)C)c4)n3)cc2F)CC1. The summed E-state index contributed by atoms with van der Waals surface area (Å²) in [5.41, 5.74) is 8.40. The summed E-state index contributed by atoms with van der Waals surface area (Å²) in [6.07, 6.45) is 3.33. The molecule has 1 fully saturated rings. The first-order chi connectivity index (χ1) is 18.7. The minimum Gasteiger partial charge on any atom is -0.365 e. The van der Waals surface area contributed by atoms with E-state index >= 15 is 4.39 Å². The van der Waals surface area contributed by atoms with Crippen LogP contribution in [0.15, 0.2) is 42.6 Å². The highest BCUT2D eigenvalue weighted by atomic mass is 35.5. The van der Waals surface area contributed by atoms with Gasteiger partial charge in [0, 0.05) is 23.3 Å². The lowest BCUT2D eigenvalue weighted by Gasteiger charge is -2.29. The van der Waals surface area contributed by atoms with Crippen LogP contribution in [0.5, 0.6) is 0 Å². The number of halogens is 2. The van der Waals surface area contributed by atoms with Crippen LogP contribution < -0.4 is 11.1 Å². The number of rotatable bonds is 8. The van der Waals surface area contributed by atoms with Crippen LogP contribution in [0.1, 0.15) is 72.3 Å². The molecule has 11 heteroatoms. The Bertz CT molecular complexity index is 1520. The fourth-order valence-corrected chi connectivity index (χ4v) is 6.01. The second-order valence-electron chi connectivity index (χ2n) is 11.3. The Morgan fingerprint density at radius 1 is 1.18 bits per heavy atom. The molecule has 214 valence electrons. The number of carbonyl (C=O) groups is 1. The first-order valence-corrected chi connectivity index (χ1v) is 15.2. The lowest BCUT2D eigenvalue weighted by molar-refractivity contribution is 0.0998. The highest BCUT2D eigenvalue weighted by Gasteiger charge is 2.30. The average molecular weight is 588 g/mol. The maximum atomic E-state index is 15.0. The molecule has 0 bridgehead atoms. The molecule has 4 rings (SSSR count). The van der Waals surface area contributed by atoms with Gasteiger partial charge in [-0.2, -0.15) is 0 Å². The Hall–Kier alpha value is -3.08. The van der Waals surface area contributed by atoms with Gasteiger partial charge in [0.15, 0.2) is 9.84 Å². The molecule has 2 aromatic carbocycles. The van der Waals surface area contributed by atoms with Gasteiger partial charge in [-0.25, -0.2) is 22.8 Å². The van der Waals surface area contributed by atoms with Crippen molar-refractivity contribution in [1.82, 2.24) is 14.9 Å². The largest absolute Gasteiger partial charge is 0.365 e. The summed E-state index contributed by atoms with van der Waals surface area (Å²) < 4.78 is 39.6. The molecule has 1 aliphatic heterocycles. The number of carbonyl (C=O) groups excluding carboxylic acids is 1. The number of amides is 1. The van der Waals surface area contributed by atoms with Gasteiger partial charge in [0.05, 0.1) is 21.8 Å². The number of piperidine rings is 1. The summed E-state index contributed by atoms with van der Waals surface area (Å²) in [4.78, 5) is 23.1. The van der Waals surface area contributed by atoms with Gasteiger partial charge < -0.3 is 16.0 Å². The van der Waals surface area contributed by atoms with Gasteiger partial charge in [-0.05, 0) is 94.6 Å². The average Bonchev–Trinajstić information content (AvgIpc) is 2.86. The van der Waals surface area contributed by atoms with E-state index in [1.807, 2.05) is 0 Å². The Morgan fingerprint density at radius 3 is 2.50 bits per heavy atom. The smallest absolute Gasteiger partial charge is 0.252 e. The number of aromatic nitrogens is 2. The van der Waals surface area contributed by atoms with E-state index in [1.165, 1.54) is 12.3 Å². The normalized spacial score (nSPS) is 15.2. The number of hydrogen-bond acceptors (Lipinski definition) is 7. The minimum absolute atomic E-state index is 0.133. The Kier molecular flexibility index (Phi) is 8.82. The van der Waals surface area contributed by atoms with E-state index in [-0.39, 0.29) is 35.4 Å². The third-order valence-corrected chi connectivity index (χ3v) is 10.2. The zero-order chi connectivity index (χ0) is 29.2. The zero-order valence-electron chi connectivity index (χ0n) is 23.2. The first-order valence-electron chi connectivity index (χ1n) is 13.1. The molecule has 3 aromatic rings. The van der Waals surface area contributed by atoms with E-state index in [9.17, 15) is 13.2 Å². The molecule has 1 aliphatic rings. The van der Waals surface area contributed by atoms with E-state index in [2.05, 4.69) is 27.2 Å². The lowest BCUT2D eigenvalue weighted by Crippen LogP contribution is -2.29. The summed E-state index contributed by atoms with van der Waals surface area (Å²) in [5.74, 6) is -0.838.